The fraction of sp³-hybridized carbons (Fsp3) is 0.0714. The molecule has 0 bridgehead atoms. The van der Waals surface area contributed by atoms with E-state index in [-0.39, 0.29) is 6.54 Å². The highest BCUT2D eigenvalue weighted by molar-refractivity contribution is 5.81. The Hall–Kier alpha value is -2.63. The van der Waals surface area contributed by atoms with Crippen LogP contribution in [0.1, 0.15) is 5.56 Å². The third-order valence-corrected chi connectivity index (χ3v) is 3.01. The maximum Gasteiger partial charge on any atom is 0.187 e. The van der Waals surface area contributed by atoms with Gasteiger partial charge in [0.25, 0.3) is 0 Å². The van der Waals surface area contributed by atoms with Gasteiger partial charge < -0.3 is 10.4 Å². The largest absolute Gasteiger partial charge is 0.503 e. The summed E-state index contributed by atoms with van der Waals surface area (Å²) in [5.74, 6) is -2.88. The molecule has 3 rings (SSSR count). The lowest BCUT2D eigenvalue weighted by Gasteiger charge is -2.08. The van der Waals surface area contributed by atoms with Crippen molar-refractivity contribution in [2.75, 3.05) is 5.32 Å². The molecule has 0 unspecified atom stereocenters. The SMILES string of the molecule is Oc1c(F)cc(CNc2ccc3[nH]ncc3c2)cc1F. The molecule has 4 nitrogen and oxygen atoms in total. The molecule has 3 aromatic rings. The molecule has 0 amide bonds. The predicted molar refractivity (Wildman–Crippen MR) is 71.4 cm³/mol. The maximum absolute atomic E-state index is 13.2. The fourth-order valence-corrected chi connectivity index (χ4v) is 1.98. The van der Waals surface area contributed by atoms with E-state index < -0.39 is 17.4 Å². The van der Waals surface area contributed by atoms with Crippen molar-refractivity contribution in [2.24, 2.45) is 0 Å². The monoisotopic (exact) mass is 275 g/mol. The summed E-state index contributed by atoms with van der Waals surface area (Å²) >= 11 is 0. The highest BCUT2D eigenvalue weighted by Crippen LogP contribution is 2.22. The van der Waals surface area contributed by atoms with Gasteiger partial charge in [-0.3, -0.25) is 5.10 Å². The second-order valence-corrected chi connectivity index (χ2v) is 4.43. The molecule has 1 aromatic heterocycles. The number of phenols is 1. The van der Waals surface area contributed by atoms with Crippen molar-refractivity contribution in [1.82, 2.24) is 10.2 Å². The Morgan fingerprint density at radius 2 is 1.90 bits per heavy atom. The summed E-state index contributed by atoms with van der Waals surface area (Å²) in [5.41, 5.74) is 2.13. The minimum atomic E-state index is -0.966. The zero-order valence-corrected chi connectivity index (χ0v) is 10.3. The number of nitrogens with zero attached hydrogens (tertiary/aromatic N) is 1. The first-order valence-electron chi connectivity index (χ1n) is 5.97. The number of fused-ring (bicyclic) bond motifs is 1. The minimum absolute atomic E-state index is 0.247. The van der Waals surface area contributed by atoms with Crippen LogP contribution in [0.15, 0.2) is 36.5 Å². The molecule has 0 saturated carbocycles. The number of phenolic OH excluding ortho intramolecular Hbond substituents is 1. The van der Waals surface area contributed by atoms with Crippen molar-refractivity contribution < 1.29 is 13.9 Å². The van der Waals surface area contributed by atoms with Gasteiger partial charge in [0, 0.05) is 17.6 Å². The van der Waals surface area contributed by atoms with Crippen LogP contribution in [0.2, 0.25) is 0 Å². The van der Waals surface area contributed by atoms with E-state index in [4.69, 9.17) is 5.11 Å². The normalized spacial score (nSPS) is 10.9. The van der Waals surface area contributed by atoms with E-state index in [1.807, 2.05) is 18.2 Å². The number of hydrogen-bond acceptors (Lipinski definition) is 3. The van der Waals surface area contributed by atoms with Gasteiger partial charge in [0.15, 0.2) is 17.4 Å². The molecule has 0 fully saturated rings. The highest BCUT2D eigenvalue weighted by atomic mass is 19.1. The average molecular weight is 275 g/mol. The Labute approximate surface area is 113 Å². The number of H-pyrrole nitrogens is 1. The van der Waals surface area contributed by atoms with E-state index in [2.05, 4.69) is 15.5 Å². The fourth-order valence-electron chi connectivity index (χ4n) is 1.98. The summed E-state index contributed by atoms with van der Waals surface area (Å²) in [6, 6.07) is 7.78. The summed E-state index contributed by atoms with van der Waals surface area (Å²) in [6.45, 7) is 0.247. The van der Waals surface area contributed by atoms with Crippen molar-refractivity contribution in [3.8, 4) is 5.75 Å². The van der Waals surface area contributed by atoms with Crippen LogP contribution in [0.25, 0.3) is 10.9 Å². The summed E-state index contributed by atoms with van der Waals surface area (Å²) < 4.78 is 26.4. The van der Waals surface area contributed by atoms with Gasteiger partial charge >= 0.3 is 0 Å². The van der Waals surface area contributed by atoms with E-state index in [1.165, 1.54) is 0 Å². The number of rotatable bonds is 3. The lowest BCUT2D eigenvalue weighted by molar-refractivity contribution is 0.395. The van der Waals surface area contributed by atoms with Gasteiger partial charge in [-0.2, -0.15) is 5.10 Å². The highest BCUT2D eigenvalue weighted by Gasteiger charge is 2.09. The molecule has 1 heterocycles. The number of anilines is 1. The molecule has 102 valence electrons. The van der Waals surface area contributed by atoms with Crippen molar-refractivity contribution in [1.29, 1.82) is 0 Å². The number of nitrogens with one attached hydrogen (secondary N) is 2. The molecule has 0 aliphatic carbocycles. The molecule has 2 aromatic carbocycles. The molecule has 0 aliphatic heterocycles. The van der Waals surface area contributed by atoms with E-state index in [0.717, 1.165) is 28.7 Å². The number of aromatic amines is 1. The van der Waals surface area contributed by atoms with Crippen molar-refractivity contribution in [3.05, 3.63) is 53.7 Å². The van der Waals surface area contributed by atoms with E-state index >= 15 is 0 Å². The van der Waals surface area contributed by atoms with Crippen LogP contribution >= 0.6 is 0 Å². The Morgan fingerprint density at radius 3 is 2.65 bits per heavy atom. The summed E-state index contributed by atoms with van der Waals surface area (Å²) in [4.78, 5) is 0. The van der Waals surface area contributed by atoms with Gasteiger partial charge in [-0.25, -0.2) is 8.78 Å². The zero-order chi connectivity index (χ0) is 14.1. The van der Waals surface area contributed by atoms with Crippen LogP contribution in [-0.4, -0.2) is 15.3 Å². The molecule has 0 atom stereocenters. The topological polar surface area (TPSA) is 60.9 Å². The Morgan fingerprint density at radius 1 is 1.15 bits per heavy atom. The molecule has 20 heavy (non-hydrogen) atoms. The number of aromatic nitrogens is 2. The second kappa shape index (κ2) is 4.80. The lowest BCUT2D eigenvalue weighted by Crippen LogP contribution is -2.00. The van der Waals surface area contributed by atoms with Gasteiger partial charge in [0.05, 0.1) is 11.7 Å². The van der Waals surface area contributed by atoms with Crippen LogP contribution in [0.3, 0.4) is 0 Å². The van der Waals surface area contributed by atoms with Gasteiger partial charge in [-0.15, -0.1) is 0 Å². The maximum atomic E-state index is 13.2. The first-order chi connectivity index (χ1) is 9.63. The van der Waals surface area contributed by atoms with Gasteiger partial charge in [0.1, 0.15) is 0 Å². The summed E-state index contributed by atoms with van der Waals surface area (Å²) in [7, 11) is 0. The first kappa shape index (κ1) is 12.4. The molecule has 6 heteroatoms. The minimum Gasteiger partial charge on any atom is -0.503 e. The van der Waals surface area contributed by atoms with Crippen molar-refractivity contribution in [2.45, 2.75) is 6.54 Å². The van der Waals surface area contributed by atoms with Crippen LogP contribution in [0.5, 0.6) is 5.75 Å². The molecule has 0 spiro atoms. The quantitative estimate of drug-likeness (QED) is 0.688. The standard InChI is InChI=1S/C14H11F2N3O/c15-11-3-8(4-12(16)14(11)20)6-17-10-1-2-13-9(5-10)7-18-19-13/h1-5,7,17,20H,6H2,(H,18,19). The van der Waals surface area contributed by atoms with E-state index in [9.17, 15) is 8.78 Å². The average Bonchev–Trinajstić information content (AvgIpc) is 2.89. The number of halogens is 2. The molecule has 3 N–H and O–H groups in total. The molecule has 0 aliphatic rings. The van der Waals surface area contributed by atoms with Gasteiger partial charge in [0.2, 0.25) is 0 Å². The first-order valence-corrected chi connectivity index (χ1v) is 5.97. The van der Waals surface area contributed by atoms with Crippen LogP contribution in [0, 0.1) is 11.6 Å². The number of hydrogen-bond donors (Lipinski definition) is 3. The molecule has 0 radical (unpaired) electrons. The van der Waals surface area contributed by atoms with Crippen LogP contribution < -0.4 is 5.32 Å². The smallest absolute Gasteiger partial charge is 0.187 e. The number of benzene rings is 2. The van der Waals surface area contributed by atoms with Crippen molar-refractivity contribution >= 4 is 16.6 Å². The van der Waals surface area contributed by atoms with E-state index in [0.29, 0.717) is 5.56 Å². The Balaban J connectivity index is 1.78. The van der Waals surface area contributed by atoms with Crippen LogP contribution in [0.4, 0.5) is 14.5 Å². The second-order valence-electron chi connectivity index (χ2n) is 4.43. The molecule has 0 saturated heterocycles. The Kier molecular flexibility index (Phi) is 2.98. The van der Waals surface area contributed by atoms with Crippen molar-refractivity contribution in [3.63, 3.8) is 0 Å². The third-order valence-electron chi connectivity index (χ3n) is 3.01. The molecular formula is C14H11F2N3O. The third kappa shape index (κ3) is 2.27. The summed E-state index contributed by atoms with van der Waals surface area (Å²) in [6.07, 6.45) is 1.69. The Bertz CT molecular complexity index is 747. The van der Waals surface area contributed by atoms with Gasteiger partial charge in [-0.1, -0.05) is 0 Å². The summed E-state index contributed by atoms with van der Waals surface area (Å²) in [5, 5.41) is 19.8. The van der Waals surface area contributed by atoms with E-state index in [1.54, 1.807) is 6.20 Å². The molecular weight excluding hydrogens is 264 g/mol. The predicted octanol–water partition coefficient (Wildman–Crippen LogP) is 3.16. The van der Waals surface area contributed by atoms with Gasteiger partial charge in [-0.05, 0) is 35.9 Å². The zero-order valence-electron chi connectivity index (χ0n) is 10.3. The van der Waals surface area contributed by atoms with Crippen LogP contribution in [-0.2, 0) is 6.54 Å². The number of aromatic hydroxyl groups is 1. The lowest BCUT2D eigenvalue weighted by atomic mass is 10.2.